The molecular formula is C17H24N2O4. The lowest BCUT2D eigenvalue weighted by molar-refractivity contribution is -0.142. The number of nitrogens with zero attached hydrogens (tertiary/aromatic N) is 1. The van der Waals surface area contributed by atoms with Crippen LogP contribution in [0.3, 0.4) is 0 Å². The van der Waals surface area contributed by atoms with Gasteiger partial charge in [-0.05, 0) is 43.1 Å². The Morgan fingerprint density at radius 2 is 1.83 bits per heavy atom. The Kier molecular flexibility index (Phi) is 8.55. The number of hydrogen-bond donors (Lipinski definition) is 1. The van der Waals surface area contributed by atoms with Crippen molar-refractivity contribution >= 4 is 5.97 Å². The number of hydrogen-bond acceptors (Lipinski definition) is 6. The van der Waals surface area contributed by atoms with Crippen molar-refractivity contribution in [2.45, 2.75) is 26.2 Å². The third-order valence-corrected chi connectivity index (χ3v) is 3.36. The highest BCUT2D eigenvalue weighted by Gasteiger charge is 2.11. The minimum absolute atomic E-state index is 0.198. The summed E-state index contributed by atoms with van der Waals surface area (Å²) in [6, 6.07) is 5.91. The van der Waals surface area contributed by atoms with Crippen molar-refractivity contribution in [2.24, 2.45) is 0 Å². The highest BCUT2D eigenvalue weighted by molar-refractivity contribution is 5.69. The van der Waals surface area contributed by atoms with E-state index in [1.54, 1.807) is 21.1 Å². The van der Waals surface area contributed by atoms with E-state index in [-0.39, 0.29) is 5.97 Å². The third-order valence-electron chi connectivity index (χ3n) is 3.36. The van der Waals surface area contributed by atoms with Crippen molar-refractivity contribution in [3.05, 3.63) is 23.3 Å². The summed E-state index contributed by atoms with van der Waals surface area (Å²) in [6.07, 6.45) is 1.41. The molecule has 0 saturated carbocycles. The maximum Gasteiger partial charge on any atom is 0.307 e. The molecule has 126 valence electrons. The number of carbonyl (C=O) groups excluding carboxylic acids is 1. The SMILES string of the molecule is CCOC(=O)CCNCCc1cc(OC)c(OC)cc1CC#N. The summed E-state index contributed by atoms with van der Waals surface area (Å²) in [7, 11) is 3.16. The molecule has 6 heteroatoms. The predicted octanol–water partition coefficient (Wildman–Crippen LogP) is 1.86. The van der Waals surface area contributed by atoms with Gasteiger partial charge in [-0.3, -0.25) is 4.79 Å². The molecule has 1 aromatic carbocycles. The van der Waals surface area contributed by atoms with Crippen LogP contribution in [-0.4, -0.2) is 39.9 Å². The van der Waals surface area contributed by atoms with E-state index in [9.17, 15) is 4.79 Å². The maximum absolute atomic E-state index is 11.2. The molecule has 0 bridgehead atoms. The molecule has 0 aliphatic rings. The van der Waals surface area contributed by atoms with Crippen LogP contribution in [0.4, 0.5) is 0 Å². The van der Waals surface area contributed by atoms with Gasteiger partial charge in [-0.25, -0.2) is 0 Å². The van der Waals surface area contributed by atoms with E-state index in [1.807, 2.05) is 12.1 Å². The maximum atomic E-state index is 11.2. The second-order valence-electron chi connectivity index (χ2n) is 4.87. The van der Waals surface area contributed by atoms with Gasteiger partial charge in [0.1, 0.15) is 0 Å². The molecule has 1 rings (SSSR count). The van der Waals surface area contributed by atoms with Gasteiger partial charge in [0.2, 0.25) is 0 Å². The highest BCUT2D eigenvalue weighted by atomic mass is 16.5. The van der Waals surface area contributed by atoms with Crippen molar-refractivity contribution in [2.75, 3.05) is 33.9 Å². The van der Waals surface area contributed by atoms with E-state index < -0.39 is 0 Å². The van der Waals surface area contributed by atoms with Crippen LogP contribution in [0.25, 0.3) is 0 Å². The monoisotopic (exact) mass is 320 g/mol. The number of nitriles is 1. The molecule has 0 spiro atoms. The molecule has 0 radical (unpaired) electrons. The number of esters is 1. The van der Waals surface area contributed by atoms with Gasteiger partial charge in [-0.1, -0.05) is 0 Å². The van der Waals surface area contributed by atoms with Crippen LogP contribution in [0.5, 0.6) is 11.5 Å². The van der Waals surface area contributed by atoms with Crippen LogP contribution in [-0.2, 0) is 22.4 Å². The van der Waals surface area contributed by atoms with Crippen LogP contribution in [0.15, 0.2) is 12.1 Å². The van der Waals surface area contributed by atoms with Gasteiger partial charge in [-0.2, -0.15) is 5.26 Å². The van der Waals surface area contributed by atoms with Crippen molar-refractivity contribution < 1.29 is 19.0 Å². The fraction of sp³-hybridized carbons (Fsp3) is 0.529. The van der Waals surface area contributed by atoms with E-state index in [0.29, 0.717) is 44.0 Å². The molecule has 0 atom stereocenters. The largest absolute Gasteiger partial charge is 0.493 e. The van der Waals surface area contributed by atoms with E-state index in [4.69, 9.17) is 19.5 Å². The van der Waals surface area contributed by atoms with E-state index in [0.717, 1.165) is 17.5 Å². The molecule has 0 heterocycles. The van der Waals surface area contributed by atoms with Gasteiger partial charge in [-0.15, -0.1) is 0 Å². The topological polar surface area (TPSA) is 80.6 Å². The first-order valence-electron chi connectivity index (χ1n) is 7.63. The van der Waals surface area contributed by atoms with Crippen molar-refractivity contribution in [3.8, 4) is 17.6 Å². The molecule has 0 saturated heterocycles. The Morgan fingerprint density at radius 3 is 2.39 bits per heavy atom. The zero-order chi connectivity index (χ0) is 17.1. The van der Waals surface area contributed by atoms with Crippen LogP contribution in [0.2, 0.25) is 0 Å². The van der Waals surface area contributed by atoms with E-state index in [2.05, 4.69) is 11.4 Å². The standard InChI is InChI=1S/C17H24N2O4/c1-4-23-17(20)7-10-19-9-6-14-12-16(22-3)15(21-2)11-13(14)5-8-18/h11-12,19H,4-7,9-10H2,1-3H3. The molecule has 0 fully saturated rings. The van der Waals surface area contributed by atoms with Gasteiger partial charge in [0, 0.05) is 6.54 Å². The first-order chi connectivity index (χ1) is 11.2. The number of ether oxygens (including phenoxy) is 3. The zero-order valence-corrected chi connectivity index (χ0v) is 14.0. The lowest BCUT2D eigenvalue weighted by atomic mass is 10.0. The van der Waals surface area contributed by atoms with Crippen LogP contribution in [0, 0.1) is 11.3 Å². The molecule has 0 aliphatic carbocycles. The predicted molar refractivity (Wildman–Crippen MR) is 86.7 cm³/mol. The first kappa shape index (κ1) is 18.8. The number of rotatable bonds is 10. The molecule has 6 nitrogen and oxygen atoms in total. The van der Waals surface area contributed by atoms with Crippen molar-refractivity contribution in [1.82, 2.24) is 5.32 Å². The molecule has 0 unspecified atom stereocenters. The summed E-state index contributed by atoms with van der Waals surface area (Å²) in [5, 5.41) is 12.2. The highest BCUT2D eigenvalue weighted by Crippen LogP contribution is 2.31. The number of carbonyl (C=O) groups is 1. The van der Waals surface area contributed by atoms with Gasteiger partial charge < -0.3 is 19.5 Å². The Hall–Kier alpha value is -2.26. The lowest BCUT2D eigenvalue weighted by Gasteiger charge is -2.14. The Balaban J connectivity index is 2.61. The first-order valence-corrected chi connectivity index (χ1v) is 7.63. The number of methoxy groups -OCH3 is 2. The fourth-order valence-electron chi connectivity index (χ4n) is 2.22. The summed E-state index contributed by atoms with van der Waals surface area (Å²) in [5.74, 6) is 1.07. The molecule has 23 heavy (non-hydrogen) atoms. The fourth-order valence-corrected chi connectivity index (χ4v) is 2.22. The van der Waals surface area contributed by atoms with Crippen molar-refractivity contribution in [3.63, 3.8) is 0 Å². The zero-order valence-electron chi connectivity index (χ0n) is 14.0. The quantitative estimate of drug-likeness (QED) is 0.523. The lowest BCUT2D eigenvalue weighted by Crippen LogP contribution is -2.22. The molecule has 0 aliphatic heterocycles. The second kappa shape index (κ2) is 10.5. The minimum Gasteiger partial charge on any atom is -0.493 e. The smallest absolute Gasteiger partial charge is 0.307 e. The Labute approximate surface area is 137 Å². The molecule has 1 aromatic rings. The van der Waals surface area contributed by atoms with Crippen molar-refractivity contribution in [1.29, 1.82) is 5.26 Å². The third kappa shape index (κ3) is 6.17. The van der Waals surface area contributed by atoms with Gasteiger partial charge in [0.15, 0.2) is 11.5 Å². The van der Waals surface area contributed by atoms with E-state index in [1.165, 1.54) is 0 Å². The van der Waals surface area contributed by atoms with E-state index >= 15 is 0 Å². The normalized spacial score (nSPS) is 10.0. The molecular weight excluding hydrogens is 296 g/mol. The number of nitrogens with one attached hydrogen (secondary N) is 1. The van der Waals surface area contributed by atoms with Gasteiger partial charge >= 0.3 is 5.97 Å². The Bertz CT molecular complexity index is 552. The minimum atomic E-state index is -0.198. The molecule has 0 aromatic heterocycles. The van der Waals surface area contributed by atoms with Gasteiger partial charge in [0.05, 0.1) is 39.7 Å². The average molecular weight is 320 g/mol. The number of benzene rings is 1. The molecule has 0 amide bonds. The summed E-state index contributed by atoms with van der Waals surface area (Å²) in [5.41, 5.74) is 1.96. The average Bonchev–Trinajstić information content (AvgIpc) is 2.55. The Morgan fingerprint density at radius 1 is 1.17 bits per heavy atom. The van der Waals surface area contributed by atoms with Crippen LogP contribution >= 0.6 is 0 Å². The summed E-state index contributed by atoms with van der Waals surface area (Å²) in [4.78, 5) is 11.2. The second-order valence-corrected chi connectivity index (χ2v) is 4.87. The summed E-state index contributed by atoms with van der Waals surface area (Å²) >= 11 is 0. The van der Waals surface area contributed by atoms with Crippen LogP contribution in [0.1, 0.15) is 24.5 Å². The summed E-state index contributed by atoms with van der Waals surface area (Å²) in [6.45, 7) is 3.47. The molecule has 1 N–H and O–H groups in total. The summed E-state index contributed by atoms with van der Waals surface area (Å²) < 4.78 is 15.4. The van der Waals surface area contributed by atoms with Crippen LogP contribution < -0.4 is 14.8 Å². The van der Waals surface area contributed by atoms with Gasteiger partial charge in [0.25, 0.3) is 0 Å².